The first-order chi connectivity index (χ1) is 13.2. The van der Waals surface area contributed by atoms with E-state index in [2.05, 4.69) is 15.3 Å². The molecule has 0 amide bonds. The van der Waals surface area contributed by atoms with E-state index in [1.54, 1.807) is 35.8 Å². The van der Waals surface area contributed by atoms with E-state index in [-0.39, 0.29) is 5.69 Å². The molecule has 2 aromatic carbocycles. The summed E-state index contributed by atoms with van der Waals surface area (Å²) >= 11 is 0. The number of aromatic amines is 1. The van der Waals surface area contributed by atoms with Crippen molar-refractivity contribution in [3.63, 3.8) is 0 Å². The summed E-state index contributed by atoms with van der Waals surface area (Å²) in [7, 11) is 0. The van der Waals surface area contributed by atoms with E-state index in [0.717, 1.165) is 11.8 Å². The van der Waals surface area contributed by atoms with E-state index in [1.807, 2.05) is 0 Å². The highest BCUT2D eigenvalue weighted by Crippen LogP contribution is 2.38. The Bertz CT molecular complexity index is 997. The Morgan fingerprint density at radius 3 is 2.11 bits per heavy atom. The van der Waals surface area contributed by atoms with Gasteiger partial charge in [0.1, 0.15) is 11.3 Å². The zero-order valence-corrected chi connectivity index (χ0v) is 13.6. The summed E-state index contributed by atoms with van der Waals surface area (Å²) in [5.41, 5.74) is -0.926. The van der Waals surface area contributed by atoms with E-state index < -0.39 is 40.7 Å². The monoisotopic (exact) mass is 402 g/mol. The van der Waals surface area contributed by atoms with Gasteiger partial charge < -0.3 is 0 Å². The highest BCUT2D eigenvalue weighted by molar-refractivity contribution is 5.88. The zero-order valence-electron chi connectivity index (χ0n) is 13.6. The van der Waals surface area contributed by atoms with Gasteiger partial charge >= 0.3 is 6.18 Å². The van der Waals surface area contributed by atoms with Gasteiger partial charge in [0.25, 0.3) is 0 Å². The zero-order chi connectivity index (χ0) is 20.5. The van der Waals surface area contributed by atoms with Crippen LogP contribution in [-0.2, 0) is 6.18 Å². The highest BCUT2D eigenvalue weighted by Gasteiger charge is 2.42. The quantitative estimate of drug-likeness (QED) is 0.276. The molecule has 0 aliphatic heterocycles. The molecule has 28 heavy (non-hydrogen) atoms. The minimum absolute atomic E-state index is 0.271. The molecule has 0 fully saturated rings. The fraction of sp³-hybridized carbons (Fsp3) is 0.0588. The Balaban J connectivity index is 1.92. The number of rotatable bonds is 4. The van der Waals surface area contributed by atoms with E-state index >= 15 is 0 Å². The molecule has 3 rings (SSSR count). The fourth-order valence-corrected chi connectivity index (χ4v) is 2.38. The molecule has 0 aliphatic carbocycles. The SMILES string of the molecule is Fc1c(F)c(C(F)(F)F)c(F)c(F)c1N/N=C/c1[nH]ncc1-c1ccccc1. The number of nitrogens with one attached hydrogen (secondary N) is 2. The van der Waals surface area contributed by atoms with E-state index in [0.29, 0.717) is 5.56 Å². The van der Waals surface area contributed by atoms with E-state index in [9.17, 15) is 30.7 Å². The smallest absolute Gasteiger partial charge is 0.276 e. The molecule has 146 valence electrons. The molecular formula is C17H9F7N4. The van der Waals surface area contributed by atoms with E-state index in [4.69, 9.17) is 0 Å². The second-order valence-corrected chi connectivity index (χ2v) is 5.44. The largest absolute Gasteiger partial charge is 0.422 e. The molecule has 4 nitrogen and oxygen atoms in total. The van der Waals surface area contributed by atoms with Crippen LogP contribution in [0.1, 0.15) is 11.3 Å². The van der Waals surface area contributed by atoms with Gasteiger partial charge in [-0.05, 0) is 5.56 Å². The molecular weight excluding hydrogens is 393 g/mol. The maximum atomic E-state index is 13.8. The van der Waals surface area contributed by atoms with Crippen molar-refractivity contribution >= 4 is 11.9 Å². The molecule has 0 saturated heterocycles. The molecule has 11 heteroatoms. The number of benzene rings is 2. The molecule has 2 N–H and O–H groups in total. The third-order valence-electron chi connectivity index (χ3n) is 3.67. The lowest BCUT2D eigenvalue weighted by atomic mass is 10.1. The van der Waals surface area contributed by atoms with Crippen molar-refractivity contribution in [3.8, 4) is 11.1 Å². The van der Waals surface area contributed by atoms with Crippen LogP contribution in [0.25, 0.3) is 11.1 Å². The summed E-state index contributed by atoms with van der Waals surface area (Å²) in [5.74, 6) is -9.65. The number of hydrogen-bond donors (Lipinski definition) is 2. The summed E-state index contributed by atoms with van der Waals surface area (Å²) < 4.78 is 92.5. The third-order valence-corrected chi connectivity index (χ3v) is 3.67. The second kappa shape index (κ2) is 7.33. The lowest BCUT2D eigenvalue weighted by Gasteiger charge is -2.13. The molecule has 0 spiro atoms. The van der Waals surface area contributed by atoms with Gasteiger partial charge in [0.2, 0.25) is 0 Å². The number of nitrogens with zero attached hydrogens (tertiary/aromatic N) is 2. The average molecular weight is 402 g/mol. The van der Waals surface area contributed by atoms with Crippen LogP contribution in [0.5, 0.6) is 0 Å². The average Bonchev–Trinajstić information content (AvgIpc) is 3.11. The molecule has 0 atom stereocenters. The number of alkyl halides is 3. The molecule has 1 aromatic heterocycles. The standard InChI is InChI=1S/C17H9F7N4/c18-12-11(17(22,23)24)13(19)15(21)16(14(12)20)28-26-7-10-9(6-25-27-10)8-4-2-1-3-5-8/h1-7,28H,(H,25,27)/b26-7+. The minimum atomic E-state index is -5.61. The van der Waals surface area contributed by atoms with Gasteiger partial charge in [0, 0.05) is 5.56 Å². The van der Waals surface area contributed by atoms with Crippen LogP contribution in [0.15, 0.2) is 41.6 Å². The van der Waals surface area contributed by atoms with Crippen molar-refractivity contribution in [2.24, 2.45) is 5.10 Å². The lowest BCUT2D eigenvalue weighted by molar-refractivity contribution is -0.143. The van der Waals surface area contributed by atoms with Crippen molar-refractivity contribution < 1.29 is 30.7 Å². The van der Waals surface area contributed by atoms with Gasteiger partial charge in [-0.3, -0.25) is 10.5 Å². The second-order valence-electron chi connectivity index (χ2n) is 5.44. The predicted octanol–water partition coefficient (Wildman–Crippen LogP) is 5.10. The van der Waals surface area contributed by atoms with Crippen molar-refractivity contribution in [2.75, 3.05) is 5.43 Å². The normalized spacial score (nSPS) is 12.0. The number of anilines is 1. The maximum Gasteiger partial charge on any atom is 0.422 e. The number of halogens is 7. The molecule has 0 saturated carbocycles. The first kappa shape index (κ1) is 19.4. The topological polar surface area (TPSA) is 53.1 Å². The van der Waals surface area contributed by atoms with Crippen LogP contribution < -0.4 is 5.43 Å². The summed E-state index contributed by atoms with van der Waals surface area (Å²) in [6, 6.07) is 8.77. The van der Waals surface area contributed by atoms with E-state index in [1.165, 1.54) is 6.20 Å². The number of hydrazone groups is 1. The lowest BCUT2D eigenvalue weighted by Crippen LogP contribution is -2.16. The molecule has 0 bridgehead atoms. The summed E-state index contributed by atoms with van der Waals surface area (Å²) in [6.45, 7) is 0. The van der Waals surface area contributed by atoms with Crippen LogP contribution in [-0.4, -0.2) is 16.4 Å². The number of aromatic nitrogens is 2. The van der Waals surface area contributed by atoms with Crippen LogP contribution in [0.2, 0.25) is 0 Å². The minimum Gasteiger partial charge on any atom is -0.276 e. The number of H-pyrrole nitrogens is 1. The summed E-state index contributed by atoms with van der Waals surface area (Å²) in [5, 5.41) is 9.76. The third kappa shape index (κ3) is 3.55. The number of hydrogen-bond acceptors (Lipinski definition) is 3. The van der Waals surface area contributed by atoms with Gasteiger partial charge in [0.15, 0.2) is 23.3 Å². The van der Waals surface area contributed by atoms with Crippen LogP contribution in [0.3, 0.4) is 0 Å². The van der Waals surface area contributed by atoms with Crippen LogP contribution in [0, 0.1) is 23.3 Å². The fourth-order valence-electron chi connectivity index (χ4n) is 2.38. The first-order valence-electron chi connectivity index (χ1n) is 7.52. The van der Waals surface area contributed by atoms with Gasteiger partial charge in [-0.1, -0.05) is 30.3 Å². The van der Waals surface area contributed by atoms with Crippen molar-refractivity contribution in [1.82, 2.24) is 10.2 Å². The van der Waals surface area contributed by atoms with Crippen molar-refractivity contribution in [1.29, 1.82) is 0 Å². The van der Waals surface area contributed by atoms with Crippen molar-refractivity contribution in [3.05, 3.63) is 71.1 Å². The molecule has 0 aliphatic rings. The van der Waals surface area contributed by atoms with Gasteiger partial charge in [0.05, 0.1) is 18.1 Å². The molecule has 0 unspecified atom stereocenters. The highest BCUT2D eigenvalue weighted by atomic mass is 19.4. The maximum absolute atomic E-state index is 13.8. The predicted molar refractivity (Wildman–Crippen MR) is 86.5 cm³/mol. The summed E-state index contributed by atoms with van der Waals surface area (Å²) in [4.78, 5) is 0. The Hall–Kier alpha value is -3.37. The van der Waals surface area contributed by atoms with Crippen LogP contribution >= 0.6 is 0 Å². The molecule has 1 heterocycles. The summed E-state index contributed by atoms with van der Waals surface area (Å²) in [6.07, 6.45) is -3.17. The van der Waals surface area contributed by atoms with Gasteiger partial charge in [-0.2, -0.15) is 23.4 Å². The Morgan fingerprint density at radius 2 is 1.54 bits per heavy atom. The molecule has 3 aromatic rings. The van der Waals surface area contributed by atoms with Crippen LogP contribution in [0.4, 0.5) is 36.4 Å². The van der Waals surface area contributed by atoms with Crippen molar-refractivity contribution in [2.45, 2.75) is 6.18 Å². The Kier molecular flexibility index (Phi) is 5.08. The Labute approximate surface area is 152 Å². The first-order valence-corrected chi connectivity index (χ1v) is 7.52. The Morgan fingerprint density at radius 1 is 0.929 bits per heavy atom. The molecule has 0 radical (unpaired) electrons. The van der Waals surface area contributed by atoms with Gasteiger partial charge in [-0.15, -0.1) is 0 Å². The van der Waals surface area contributed by atoms with Gasteiger partial charge in [-0.25, -0.2) is 17.6 Å².